The van der Waals surface area contributed by atoms with E-state index in [1.807, 2.05) is 13.2 Å². The van der Waals surface area contributed by atoms with E-state index in [1.165, 1.54) is 31.3 Å². The van der Waals surface area contributed by atoms with Gasteiger partial charge in [0.15, 0.2) is 0 Å². The third-order valence-corrected chi connectivity index (χ3v) is 9.47. The lowest BCUT2D eigenvalue weighted by molar-refractivity contribution is -0.136. The zero-order valence-corrected chi connectivity index (χ0v) is 16.9. The quantitative estimate of drug-likeness (QED) is 0.665. The van der Waals surface area contributed by atoms with Crippen LogP contribution in [0.2, 0.25) is 0 Å². The van der Waals surface area contributed by atoms with Crippen LogP contribution in [-0.4, -0.2) is 19.5 Å². The van der Waals surface area contributed by atoms with Crippen molar-refractivity contribution in [2.75, 3.05) is 13.7 Å². The monoisotopic (exact) mass is 355 g/mol. The number of hydrogen-bond donors (Lipinski definition) is 0. The smallest absolute Gasteiger partial charge is 0.133 e. The van der Waals surface area contributed by atoms with Gasteiger partial charge < -0.3 is 4.74 Å². The molecule has 0 radical (unpaired) electrons. The van der Waals surface area contributed by atoms with Crippen molar-refractivity contribution >= 4 is 5.78 Å². The van der Waals surface area contributed by atoms with Gasteiger partial charge >= 0.3 is 0 Å². The van der Waals surface area contributed by atoms with Crippen LogP contribution in [0, 0.1) is 44.8 Å². The van der Waals surface area contributed by atoms with E-state index in [2.05, 4.69) is 26.8 Å². The van der Waals surface area contributed by atoms with Crippen LogP contribution in [0.15, 0.2) is 11.6 Å². The number of Topliss-reactive ketones (excluding diaryl/α,β-unsaturated/α-hetero) is 1. The highest BCUT2D eigenvalue weighted by molar-refractivity contribution is 5.79. The summed E-state index contributed by atoms with van der Waals surface area (Å²) in [4.78, 5) is 12.1. The molecule has 0 bridgehead atoms. The summed E-state index contributed by atoms with van der Waals surface area (Å²) in [5.41, 5.74) is 2.22. The van der Waals surface area contributed by atoms with E-state index in [4.69, 9.17) is 4.74 Å². The SMILES string of the molecule is COCC12CC1(C1CCC(=CC#N)C1(C)C)CCC1CC(=O)CCC12C. The summed E-state index contributed by atoms with van der Waals surface area (Å²) in [7, 11) is 1.85. The minimum absolute atomic E-state index is 0.0961. The molecule has 4 fully saturated rings. The highest BCUT2D eigenvalue weighted by Crippen LogP contribution is 2.85. The Bertz CT molecular complexity index is 701. The summed E-state index contributed by atoms with van der Waals surface area (Å²) >= 11 is 0. The minimum Gasteiger partial charge on any atom is -0.384 e. The van der Waals surface area contributed by atoms with Crippen LogP contribution in [0.3, 0.4) is 0 Å². The van der Waals surface area contributed by atoms with Crippen molar-refractivity contribution < 1.29 is 9.53 Å². The Morgan fingerprint density at radius 1 is 1.23 bits per heavy atom. The molecule has 0 N–H and O–H groups in total. The number of ether oxygens (including phenoxy) is 1. The molecular weight excluding hydrogens is 322 g/mol. The predicted molar refractivity (Wildman–Crippen MR) is 101 cm³/mol. The second-order valence-electron chi connectivity index (χ2n) is 10.4. The van der Waals surface area contributed by atoms with Crippen molar-refractivity contribution in [3.8, 4) is 6.07 Å². The van der Waals surface area contributed by atoms with Crippen LogP contribution < -0.4 is 0 Å². The molecule has 0 saturated heterocycles. The van der Waals surface area contributed by atoms with Crippen molar-refractivity contribution in [2.45, 2.75) is 72.1 Å². The zero-order valence-electron chi connectivity index (χ0n) is 16.9. The summed E-state index contributed by atoms with van der Waals surface area (Å²) in [6, 6.07) is 2.28. The fourth-order valence-electron chi connectivity index (χ4n) is 8.03. The summed E-state index contributed by atoms with van der Waals surface area (Å²) in [5, 5.41) is 9.21. The van der Waals surface area contributed by atoms with Crippen LogP contribution in [0.4, 0.5) is 0 Å². The first-order chi connectivity index (χ1) is 12.3. The Morgan fingerprint density at radius 2 is 2.00 bits per heavy atom. The molecule has 3 heteroatoms. The third-order valence-electron chi connectivity index (χ3n) is 9.47. The molecule has 5 unspecified atom stereocenters. The molecule has 0 aromatic rings. The number of fused-ring (bicyclic) bond motifs is 3. The molecule has 4 saturated carbocycles. The van der Waals surface area contributed by atoms with Gasteiger partial charge in [0.2, 0.25) is 0 Å². The number of allylic oxidation sites excluding steroid dienone is 2. The van der Waals surface area contributed by atoms with Gasteiger partial charge in [-0.15, -0.1) is 0 Å². The van der Waals surface area contributed by atoms with Crippen molar-refractivity contribution in [3.63, 3.8) is 0 Å². The fourth-order valence-corrected chi connectivity index (χ4v) is 8.03. The van der Waals surface area contributed by atoms with E-state index in [9.17, 15) is 10.1 Å². The van der Waals surface area contributed by atoms with Gasteiger partial charge in [0.05, 0.1) is 12.7 Å². The molecule has 3 nitrogen and oxygen atoms in total. The van der Waals surface area contributed by atoms with Gasteiger partial charge in [-0.2, -0.15) is 5.26 Å². The molecule has 0 heterocycles. The van der Waals surface area contributed by atoms with E-state index in [-0.39, 0.29) is 16.2 Å². The van der Waals surface area contributed by atoms with E-state index in [0.29, 0.717) is 23.0 Å². The molecule has 142 valence electrons. The van der Waals surface area contributed by atoms with Crippen LogP contribution in [0.1, 0.15) is 72.1 Å². The number of nitrogens with zero attached hydrogens (tertiary/aromatic N) is 1. The largest absolute Gasteiger partial charge is 0.384 e. The van der Waals surface area contributed by atoms with Crippen molar-refractivity contribution in [2.24, 2.45) is 33.5 Å². The van der Waals surface area contributed by atoms with Gasteiger partial charge in [-0.25, -0.2) is 0 Å². The lowest BCUT2D eigenvalue weighted by Gasteiger charge is -2.55. The first-order valence-electron chi connectivity index (χ1n) is 10.4. The van der Waals surface area contributed by atoms with Crippen LogP contribution in [0.5, 0.6) is 0 Å². The Hall–Kier alpha value is -1.14. The Balaban J connectivity index is 1.73. The van der Waals surface area contributed by atoms with Crippen LogP contribution >= 0.6 is 0 Å². The molecule has 5 atom stereocenters. The number of carbonyl (C=O) groups excluding carboxylic acids is 1. The number of rotatable bonds is 3. The third kappa shape index (κ3) is 2.06. The molecule has 0 spiro atoms. The van der Waals surface area contributed by atoms with Crippen molar-refractivity contribution in [3.05, 3.63) is 11.6 Å². The topological polar surface area (TPSA) is 50.1 Å². The lowest BCUT2D eigenvalue weighted by Crippen LogP contribution is -2.51. The first-order valence-corrected chi connectivity index (χ1v) is 10.4. The highest BCUT2D eigenvalue weighted by atomic mass is 16.5. The maximum atomic E-state index is 12.1. The molecule has 0 aromatic carbocycles. The average Bonchev–Trinajstić information content (AvgIpc) is 3.16. The van der Waals surface area contributed by atoms with Crippen molar-refractivity contribution in [1.29, 1.82) is 5.26 Å². The maximum Gasteiger partial charge on any atom is 0.133 e. The number of ketones is 1. The summed E-state index contributed by atoms with van der Waals surface area (Å²) in [6.45, 7) is 8.02. The zero-order chi connectivity index (χ0) is 18.8. The van der Waals surface area contributed by atoms with Crippen molar-refractivity contribution in [1.82, 2.24) is 0 Å². The summed E-state index contributed by atoms with van der Waals surface area (Å²) < 4.78 is 5.84. The van der Waals surface area contributed by atoms with Crippen LogP contribution in [-0.2, 0) is 9.53 Å². The fraction of sp³-hybridized carbons (Fsp3) is 0.826. The van der Waals surface area contributed by atoms with Gasteiger partial charge in [-0.3, -0.25) is 4.79 Å². The van der Waals surface area contributed by atoms with E-state index in [0.717, 1.165) is 32.3 Å². The number of hydrogen-bond acceptors (Lipinski definition) is 3. The van der Waals surface area contributed by atoms with Gasteiger partial charge in [0.1, 0.15) is 5.78 Å². The minimum atomic E-state index is 0.0961. The van der Waals surface area contributed by atoms with E-state index >= 15 is 0 Å². The Kier molecular flexibility index (Phi) is 3.98. The molecule has 26 heavy (non-hydrogen) atoms. The average molecular weight is 356 g/mol. The number of methoxy groups -OCH3 is 1. The van der Waals surface area contributed by atoms with E-state index in [1.54, 1.807) is 0 Å². The molecule has 0 aliphatic heterocycles. The first kappa shape index (κ1) is 18.2. The Morgan fingerprint density at radius 3 is 2.69 bits per heavy atom. The molecule has 4 aliphatic carbocycles. The molecule has 0 amide bonds. The lowest BCUT2D eigenvalue weighted by atomic mass is 9.49. The maximum absolute atomic E-state index is 12.1. The Labute approximate surface area is 158 Å². The molecule has 0 aromatic heterocycles. The second-order valence-corrected chi connectivity index (χ2v) is 10.4. The molecular formula is C23H33NO2. The van der Waals surface area contributed by atoms with Gasteiger partial charge in [0.25, 0.3) is 0 Å². The number of carbonyl (C=O) groups is 1. The van der Waals surface area contributed by atoms with Gasteiger partial charge in [-0.1, -0.05) is 26.3 Å². The standard InChI is InChI=1S/C23H33NO2/c1-20(2)16(9-12-24)5-6-19(20)22-11-7-17-13-18(25)8-10-21(17,3)23(22,14-22)15-26-4/h9,17,19H,5-8,10-11,13-15H2,1-4H3. The summed E-state index contributed by atoms with van der Waals surface area (Å²) in [6.07, 6.45) is 10.3. The molecule has 4 rings (SSSR count). The summed E-state index contributed by atoms with van der Waals surface area (Å²) in [5.74, 6) is 1.63. The highest BCUT2D eigenvalue weighted by Gasteiger charge is 2.80. The number of nitriles is 1. The normalized spacial score (nSPS) is 48.0. The predicted octanol–water partition coefficient (Wildman–Crippen LogP) is 5.06. The second kappa shape index (κ2) is 5.68. The van der Waals surface area contributed by atoms with Crippen LogP contribution in [0.25, 0.3) is 0 Å². The van der Waals surface area contributed by atoms with Gasteiger partial charge in [0, 0.05) is 31.4 Å². The van der Waals surface area contributed by atoms with Gasteiger partial charge in [-0.05, 0) is 66.6 Å². The van der Waals surface area contributed by atoms with E-state index < -0.39 is 0 Å². The molecule has 4 aliphatic rings.